The molecule has 1 aromatic rings. The first-order chi connectivity index (χ1) is 9.17. The van der Waals surface area contributed by atoms with Crippen molar-refractivity contribution in [1.29, 1.82) is 0 Å². The highest BCUT2D eigenvalue weighted by Gasteiger charge is 2.07. The van der Waals surface area contributed by atoms with Crippen LogP contribution in [0.5, 0.6) is 0 Å². The molecule has 19 heavy (non-hydrogen) atoms. The minimum atomic E-state index is 0.832. The largest absolute Gasteiger partial charge is 0.349 e. The van der Waals surface area contributed by atoms with Crippen molar-refractivity contribution in [2.45, 2.75) is 53.5 Å². The molecule has 0 aliphatic rings. The monoisotopic (exact) mass is 283 g/mol. The van der Waals surface area contributed by atoms with Crippen LogP contribution in [0.1, 0.15) is 51.8 Å². The van der Waals surface area contributed by atoms with E-state index in [1.807, 2.05) is 17.5 Å². The summed E-state index contributed by atoms with van der Waals surface area (Å²) in [5.41, 5.74) is 0. The van der Waals surface area contributed by atoms with Crippen molar-refractivity contribution in [3.63, 3.8) is 0 Å². The maximum Gasteiger partial charge on any atom is 0.185 e. The fourth-order valence-electron chi connectivity index (χ4n) is 2.03. The van der Waals surface area contributed by atoms with Gasteiger partial charge >= 0.3 is 0 Å². The summed E-state index contributed by atoms with van der Waals surface area (Å²) in [5, 5.41) is 4.67. The molecule has 0 aliphatic carbocycles. The molecule has 0 saturated heterocycles. The van der Waals surface area contributed by atoms with Crippen LogP contribution in [0.2, 0.25) is 0 Å². The smallest absolute Gasteiger partial charge is 0.185 e. The van der Waals surface area contributed by atoms with E-state index >= 15 is 0 Å². The van der Waals surface area contributed by atoms with E-state index in [9.17, 15) is 0 Å². The van der Waals surface area contributed by atoms with Gasteiger partial charge in [0.05, 0.1) is 0 Å². The molecule has 0 fully saturated rings. The standard InChI is InChI=1S/C15H29N3S/c1-5-18(6-2)15-17-12-14(19-15)11-16-10-8-7-9-13(3)4/h12-13,16H,5-11H2,1-4H3. The number of rotatable bonds is 10. The van der Waals surface area contributed by atoms with Gasteiger partial charge in [-0.3, -0.25) is 0 Å². The second-order valence-electron chi connectivity index (χ2n) is 5.35. The van der Waals surface area contributed by atoms with E-state index in [1.54, 1.807) is 0 Å². The molecule has 1 aromatic heterocycles. The number of thiazole rings is 1. The number of anilines is 1. The molecule has 110 valence electrons. The first-order valence-corrected chi connectivity index (χ1v) is 8.39. The third-order valence-electron chi connectivity index (χ3n) is 3.26. The Morgan fingerprint density at radius 2 is 2.00 bits per heavy atom. The number of unbranched alkanes of at least 4 members (excludes halogenated alkanes) is 1. The van der Waals surface area contributed by atoms with E-state index in [0.29, 0.717) is 0 Å². The number of nitrogens with zero attached hydrogens (tertiary/aromatic N) is 2. The van der Waals surface area contributed by atoms with E-state index in [1.165, 1.54) is 24.1 Å². The topological polar surface area (TPSA) is 28.2 Å². The molecule has 0 unspecified atom stereocenters. The van der Waals surface area contributed by atoms with Gasteiger partial charge in [0.15, 0.2) is 5.13 Å². The summed E-state index contributed by atoms with van der Waals surface area (Å²) in [5.74, 6) is 0.832. The molecule has 1 heterocycles. The lowest BCUT2D eigenvalue weighted by Crippen LogP contribution is -2.21. The van der Waals surface area contributed by atoms with Crippen molar-refractivity contribution in [2.24, 2.45) is 5.92 Å². The summed E-state index contributed by atoms with van der Waals surface area (Å²) in [4.78, 5) is 8.14. The molecule has 3 nitrogen and oxygen atoms in total. The molecule has 0 atom stereocenters. The van der Waals surface area contributed by atoms with E-state index in [2.05, 4.69) is 42.9 Å². The van der Waals surface area contributed by atoms with E-state index < -0.39 is 0 Å². The molecular weight excluding hydrogens is 254 g/mol. The average Bonchev–Trinajstić information content (AvgIpc) is 2.83. The zero-order valence-corrected chi connectivity index (χ0v) is 13.7. The van der Waals surface area contributed by atoms with Gasteiger partial charge in [0.2, 0.25) is 0 Å². The van der Waals surface area contributed by atoms with Gasteiger partial charge in [-0.1, -0.05) is 26.7 Å². The molecule has 0 amide bonds. The van der Waals surface area contributed by atoms with Crippen LogP contribution in [-0.4, -0.2) is 24.6 Å². The minimum Gasteiger partial charge on any atom is -0.349 e. The van der Waals surface area contributed by atoms with Crippen LogP contribution in [0.15, 0.2) is 6.20 Å². The van der Waals surface area contributed by atoms with Crippen molar-refractivity contribution in [2.75, 3.05) is 24.5 Å². The molecule has 4 heteroatoms. The van der Waals surface area contributed by atoms with Crippen molar-refractivity contribution >= 4 is 16.5 Å². The Kier molecular flexibility index (Phi) is 8.07. The van der Waals surface area contributed by atoms with Crippen molar-refractivity contribution < 1.29 is 0 Å². The number of aromatic nitrogens is 1. The van der Waals surface area contributed by atoms with Gasteiger partial charge in [-0.05, 0) is 32.7 Å². The molecule has 0 radical (unpaired) electrons. The van der Waals surface area contributed by atoms with Crippen molar-refractivity contribution in [3.05, 3.63) is 11.1 Å². The van der Waals surface area contributed by atoms with Crippen LogP contribution in [-0.2, 0) is 6.54 Å². The first kappa shape index (κ1) is 16.4. The van der Waals surface area contributed by atoms with Gasteiger partial charge < -0.3 is 10.2 Å². The van der Waals surface area contributed by atoms with Gasteiger partial charge in [0.1, 0.15) is 0 Å². The number of hydrogen-bond acceptors (Lipinski definition) is 4. The highest BCUT2D eigenvalue weighted by Crippen LogP contribution is 2.21. The van der Waals surface area contributed by atoms with Gasteiger partial charge in [-0.25, -0.2) is 4.98 Å². The summed E-state index contributed by atoms with van der Waals surface area (Å²) in [6, 6.07) is 0. The average molecular weight is 283 g/mol. The van der Waals surface area contributed by atoms with Crippen LogP contribution < -0.4 is 10.2 Å². The van der Waals surface area contributed by atoms with Crippen molar-refractivity contribution in [1.82, 2.24) is 10.3 Å². The lowest BCUT2D eigenvalue weighted by atomic mass is 10.1. The van der Waals surface area contributed by atoms with Gasteiger partial charge in [-0.2, -0.15) is 0 Å². The van der Waals surface area contributed by atoms with E-state index in [0.717, 1.165) is 37.2 Å². The Morgan fingerprint density at radius 3 is 2.63 bits per heavy atom. The predicted octanol–water partition coefficient (Wildman–Crippen LogP) is 3.91. The minimum absolute atomic E-state index is 0.832. The summed E-state index contributed by atoms with van der Waals surface area (Å²) < 4.78 is 0. The van der Waals surface area contributed by atoms with Crippen LogP contribution in [0.25, 0.3) is 0 Å². The summed E-state index contributed by atoms with van der Waals surface area (Å²) in [6.07, 6.45) is 5.96. The fourth-order valence-corrected chi connectivity index (χ4v) is 3.04. The normalized spacial score (nSPS) is 11.2. The van der Waals surface area contributed by atoms with Gasteiger partial charge in [0.25, 0.3) is 0 Å². The second-order valence-corrected chi connectivity index (χ2v) is 6.44. The van der Waals surface area contributed by atoms with E-state index in [4.69, 9.17) is 0 Å². The van der Waals surface area contributed by atoms with Crippen LogP contribution >= 0.6 is 11.3 Å². The highest BCUT2D eigenvalue weighted by atomic mass is 32.1. The summed E-state index contributed by atoms with van der Waals surface area (Å²) in [6.45, 7) is 13.1. The quantitative estimate of drug-likeness (QED) is 0.660. The van der Waals surface area contributed by atoms with E-state index in [-0.39, 0.29) is 0 Å². The molecular formula is C15H29N3S. The molecule has 0 bridgehead atoms. The lowest BCUT2D eigenvalue weighted by molar-refractivity contribution is 0.521. The maximum atomic E-state index is 4.50. The number of nitrogens with one attached hydrogen (secondary N) is 1. The highest BCUT2D eigenvalue weighted by molar-refractivity contribution is 7.15. The Bertz CT molecular complexity index is 332. The maximum absolute atomic E-state index is 4.50. The Hall–Kier alpha value is -0.610. The third kappa shape index (κ3) is 6.39. The van der Waals surface area contributed by atoms with Crippen molar-refractivity contribution in [3.8, 4) is 0 Å². The van der Waals surface area contributed by atoms with Crippen LogP contribution in [0.4, 0.5) is 5.13 Å². The zero-order valence-electron chi connectivity index (χ0n) is 12.9. The molecule has 1 N–H and O–H groups in total. The number of hydrogen-bond donors (Lipinski definition) is 1. The second kappa shape index (κ2) is 9.32. The fraction of sp³-hybridized carbons (Fsp3) is 0.800. The summed E-state index contributed by atoms with van der Waals surface area (Å²) in [7, 11) is 0. The van der Waals surface area contributed by atoms with Gasteiger partial charge in [0, 0.05) is 30.7 Å². The SMILES string of the molecule is CCN(CC)c1ncc(CNCCCCC(C)C)s1. The Labute approximate surface area is 122 Å². The third-order valence-corrected chi connectivity index (χ3v) is 4.32. The molecule has 0 spiro atoms. The Morgan fingerprint density at radius 1 is 1.26 bits per heavy atom. The van der Waals surface area contributed by atoms with Crippen LogP contribution in [0.3, 0.4) is 0 Å². The first-order valence-electron chi connectivity index (χ1n) is 7.57. The molecule has 0 saturated carbocycles. The van der Waals surface area contributed by atoms with Gasteiger partial charge in [-0.15, -0.1) is 11.3 Å². The summed E-state index contributed by atoms with van der Waals surface area (Å²) >= 11 is 1.81. The Balaban J connectivity index is 2.19. The molecule has 0 aromatic carbocycles. The molecule has 1 rings (SSSR count). The molecule has 0 aliphatic heterocycles. The lowest BCUT2D eigenvalue weighted by Gasteiger charge is -2.16. The van der Waals surface area contributed by atoms with Crippen LogP contribution in [0, 0.1) is 5.92 Å². The zero-order chi connectivity index (χ0) is 14.1. The predicted molar refractivity (Wildman–Crippen MR) is 86.1 cm³/mol.